The third-order valence-corrected chi connectivity index (χ3v) is 3.85. The van der Waals surface area contributed by atoms with Crippen molar-refractivity contribution < 1.29 is 22.7 Å². The number of amides is 2. The molecule has 0 spiro atoms. The monoisotopic (exact) mass is 381 g/mol. The number of carbonyl (C=O) groups is 1. The lowest BCUT2D eigenvalue weighted by atomic mass is 10.2. The van der Waals surface area contributed by atoms with E-state index in [1.165, 1.54) is 30.1 Å². The largest absolute Gasteiger partial charge is 0.573 e. The molecular formula is C19H22F3N3O2. The molecule has 0 fully saturated rings. The van der Waals surface area contributed by atoms with Crippen molar-refractivity contribution in [2.24, 2.45) is 0 Å². The Morgan fingerprint density at radius 2 is 1.67 bits per heavy atom. The van der Waals surface area contributed by atoms with E-state index in [4.69, 9.17) is 0 Å². The van der Waals surface area contributed by atoms with Crippen LogP contribution >= 0.6 is 0 Å². The van der Waals surface area contributed by atoms with E-state index < -0.39 is 12.4 Å². The molecule has 5 nitrogen and oxygen atoms in total. The molecular weight excluding hydrogens is 359 g/mol. The van der Waals surface area contributed by atoms with Gasteiger partial charge in [0, 0.05) is 38.9 Å². The number of carbonyl (C=O) groups excluding carboxylic acids is 1. The SMILES string of the molecule is CN(Cc1ccccc1OC(F)(F)F)C(=O)NCc1ccc(N(C)C)cc1. The Morgan fingerprint density at radius 1 is 1.04 bits per heavy atom. The van der Waals surface area contributed by atoms with Gasteiger partial charge in [0.05, 0.1) is 6.54 Å². The Labute approximate surface area is 156 Å². The summed E-state index contributed by atoms with van der Waals surface area (Å²) in [6.07, 6.45) is -4.78. The van der Waals surface area contributed by atoms with E-state index in [0.717, 1.165) is 11.3 Å². The van der Waals surface area contributed by atoms with E-state index in [1.807, 2.05) is 43.3 Å². The van der Waals surface area contributed by atoms with Crippen molar-refractivity contribution in [2.45, 2.75) is 19.5 Å². The van der Waals surface area contributed by atoms with E-state index in [1.54, 1.807) is 6.07 Å². The summed E-state index contributed by atoms with van der Waals surface area (Å²) >= 11 is 0. The second kappa shape index (κ2) is 8.66. The van der Waals surface area contributed by atoms with Crippen molar-refractivity contribution in [3.8, 4) is 5.75 Å². The molecule has 0 radical (unpaired) electrons. The molecule has 0 heterocycles. The zero-order valence-electron chi connectivity index (χ0n) is 15.4. The minimum Gasteiger partial charge on any atom is -0.405 e. The van der Waals surface area contributed by atoms with Gasteiger partial charge in [0.15, 0.2) is 0 Å². The first-order valence-corrected chi connectivity index (χ1v) is 8.24. The van der Waals surface area contributed by atoms with Crippen LogP contribution in [0.15, 0.2) is 48.5 Å². The fraction of sp³-hybridized carbons (Fsp3) is 0.316. The van der Waals surface area contributed by atoms with Crippen LogP contribution in [0.2, 0.25) is 0 Å². The van der Waals surface area contributed by atoms with Gasteiger partial charge >= 0.3 is 12.4 Å². The second-order valence-electron chi connectivity index (χ2n) is 6.23. The highest BCUT2D eigenvalue weighted by Gasteiger charge is 2.32. The maximum absolute atomic E-state index is 12.5. The van der Waals surface area contributed by atoms with Crippen molar-refractivity contribution in [3.63, 3.8) is 0 Å². The maximum Gasteiger partial charge on any atom is 0.573 e. The number of alkyl halides is 3. The number of rotatable bonds is 6. The van der Waals surface area contributed by atoms with Crippen LogP contribution in [0.3, 0.4) is 0 Å². The van der Waals surface area contributed by atoms with E-state index in [0.29, 0.717) is 6.54 Å². The van der Waals surface area contributed by atoms with Crippen LogP contribution in [0.5, 0.6) is 5.75 Å². The van der Waals surface area contributed by atoms with E-state index in [2.05, 4.69) is 10.1 Å². The summed E-state index contributed by atoms with van der Waals surface area (Å²) in [6.45, 7) is 0.301. The standard InChI is InChI=1S/C19H22F3N3O2/c1-24(2)16-10-8-14(9-11-16)12-23-18(26)25(3)13-15-6-4-5-7-17(15)27-19(20,21)22/h4-11H,12-13H2,1-3H3,(H,23,26). The van der Waals surface area contributed by atoms with E-state index >= 15 is 0 Å². The van der Waals surface area contributed by atoms with Gasteiger partial charge in [0.25, 0.3) is 0 Å². The van der Waals surface area contributed by atoms with Gasteiger partial charge in [0.2, 0.25) is 0 Å². The number of anilines is 1. The van der Waals surface area contributed by atoms with Gasteiger partial charge in [-0.15, -0.1) is 13.2 Å². The van der Waals surface area contributed by atoms with Gasteiger partial charge in [-0.05, 0) is 23.8 Å². The topological polar surface area (TPSA) is 44.8 Å². The lowest BCUT2D eigenvalue weighted by Gasteiger charge is -2.20. The molecule has 0 saturated heterocycles. The third-order valence-electron chi connectivity index (χ3n) is 3.85. The van der Waals surface area contributed by atoms with Gasteiger partial charge in [0.1, 0.15) is 5.75 Å². The van der Waals surface area contributed by atoms with Gasteiger partial charge in [-0.2, -0.15) is 0 Å². The van der Waals surface area contributed by atoms with Crippen LogP contribution in [0.1, 0.15) is 11.1 Å². The fourth-order valence-electron chi connectivity index (χ4n) is 2.41. The number of hydrogen-bond donors (Lipinski definition) is 1. The summed E-state index contributed by atoms with van der Waals surface area (Å²) in [5.74, 6) is -0.316. The molecule has 0 unspecified atom stereocenters. The average Bonchev–Trinajstić information content (AvgIpc) is 2.60. The van der Waals surface area contributed by atoms with Gasteiger partial charge in [-0.3, -0.25) is 0 Å². The number of nitrogens with zero attached hydrogens (tertiary/aromatic N) is 2. The quantitative estimate of drug-likeness (QED) is 0.823. The number of para-hydroxylation sites is 1. The summed E-state index contributed by atoms with van der Waals surface area (Å²) in [5.41, 5.74) is 2.23. The minimum atomic E-state index is -4.78. The molecule has 0 saturated carbocycles. The second-order valence-corrected chi connectivity index (χ2v) is 6.23. The first-order valence-electron chi connectivity index (χ1n) is 8.24. The predicted molar refractivity (Wildman–Crippen MR) is 97.6 cm³/mol. The number of hydrogen-bond acceptors (Lipinski definition) is 3. The highest BCUT2D eigenvalue weighted by atomic mass is 19.4. The summed E-state index contributed by atoms with van der Waals surface area (Å²) < 4.78 is 41.5. The van der Waals surface area contributed by atoms with Crippen LogP contribution in [0, 0.1) is 0 Å². The molecule has 1 N–H and O–H groups in total. The molecule has 146 valence electrons. The lowest BCUT2D eigenvalue weighted by molar-refractivity contribution is -0.275. The molecule has 0 aliphatic carbocycles. The van der Waals surface area contributed by atoms with Gasteiger partial charge in [-0.1, -0.05) is 30.3 Å². The molecule has 0 bridgehead atoms. The molecule has 2 rings (SSSR count). The van der Waals surface area contributed by atoms with Crippen molar-refractivity contribution in [2.75, 3.05) is 26.0 Å². The summed E-state index contributed by atoms with van der Waals surface area (Å²) in [5, 5.41) is 2.75. The lowest BCUT2D eigenvalue weighted by Crippen LogP contribution is -2.36. The van der Waals surface area contributed by atoms with Crippen LogP contribution in [0.25, 0.3) is 0 Å². The Hall–Kier alpha value is -2.90. The van der Waals surface area contributed by atoms with Crippen LogP contribution in [0.4, 0.5) is 23.7 Å². The van der Waals surface area contributed by atoms with Crippen molar-refractivity contribution in [1.82, 2.24) is 10.2 Å². The summed E-state index contributed by atoms with van der Waals surface area (Å²) in [4.78, 5) is 15.5. The van der Waals surface area contributed by atoms with Crippen LogP contribution in [-0.2, 0) is 13.1 Å². The molecule has 2 aromatic carbocycles. The molecule has 0 aliphatic rings. The molecule has 0 aromatic heterocycles. The first-order chi connectivity index (χ1) is 12.7. The summed E-state index contributed by atoms with van der Waals surface area (Å²) in [6, 6.07) is 13.0. The van der Waals surface area contributed by atoms with Crippen LogP contribution in [-0.4, -0.2) is 38.4 Å². The van der Waals surface area contributed by atoms with Crippen molar-refractivity contribution >= 4 is 11.7 Å². The van der Waals surface area contributed by atoms with E-state index in [-0.39, 0.29) is 17.9 Å². The first kappa shape index (κ1) is 20.4. The zero-order chi connectivity index (χ0) is 20.0. The van der Waals surface area contributed by atoms with Crippen molar-refractivity contribution in [3.05, 3.63) is 59.7 Å². The number of ether oxygens (including phenoxy) is 1. The number of halogens is 3. The molecule has 2 amide bonds. The highest BCUT2D eigenvalue weighted by molar-refractivity contribution is 5.74. The third kappa shape index (κ3) is 6.40. The van der Waals surface area contributed by atoms with Crippen LogP contribution < -0.4 is 15.0 Å². The fourth-order valence-corrected chi connectivity index (χ4v) is 2.41. The zero-order valence-corrected chi connectivity index (χ0v) is 15.4. The average molecular weight is 381 g/mol. The summed E-state index contributed by atoms with van der Waals surface area (Å²) in [7, 11) is 5.38. The number of urea groups is 1. The Balaban J connectivity index is 1.94. The minimum absolute atomic E-state index is 0.0162. The molecule has 2 aromatic rings. The molecule has 8 heteroatoms. The normalized spacial score (nSPS) is 11.0. The number of nitrogens with one attached hydrogen (secondary N) is 1. The predicted octanol–water partition coefficient (Wildman–Crippen LogP) is 3.99. The smallest absolute Gasteiger partial charge is 0.405 e. The molecule has 0 atom stereocenters. The number of benzene rings is 2. The van der Waals surface area contributed by atoms with Crippen molar-refractivity contribution in [1.29, 1.82) is 0 Å². The molecule has 27 heavy (non-hydrogen) atoms. The van der Waals surface area contributed by atoms with E-state index in [9.17, 15) is 18.0 Å². The Kier molecular flexibility index (Phi) is 6.55. The highest BCUT2D eigenvalue weighted by Crippen LogP contribution is 2.26. The maximum atomic E-state index is 12.5. The molecule has 0 aliphatic heterocycles. The Bertz CT molecular complexity index is 762. The van der Waals surface area contributed by atoms with Gasteiger partial charge in [-0.25, -0.2) is 4.79 Å². The van der Waals surface area contributed by atoms with Gasteiger partial charge < -0.3 is 19.9 Å². The Morgan fingerprint density at radius 3 is 2.26 bits per heavy atom.